The van der Waals surface area contributed by atoms with Crippen molar-refractivity contribution in [2.45, 2.75) is 11.6 Å². The topological polar surface area (TPSA) is 109 Å². The van der Waals surface area contributed by atoms with Gasteiger partial charge in [0, 0.05) is 6.54 Å². The fraction of sp³-hybridized carbons (Fsp3) is 0.154. The van der Waals surface area contributed by atoms with Crippen LogP contribution in [0, 0.1) is 0 Å². The summed E-state index contributed by atoms with van der Waals surface area (Å²) in [5.74, 6) is -0.554. The average Bonchev–Trinajstić information content (AvgIpc) is 2.95. The number of amides is 1. The van der Waals surface area contributed by atoms with Crippen molar-refractivity contribution in [1.29, 1.82) is 0 Å². The van der Waals surface area contributed by atoms with E-state index in [4.69, 9.17) is 4.42 Å². The van der Waals surface area contributed by atoms with Gasteiger partial charge in [0.1, 0.15) is 5.75 Å². The molecule has 1 heterocycles. The molecular weight excluding hydrogens is 296 g/mol. The minimum absolute atomic E-state index is 0.0992. The maximum atomic E-state index is 11.8. The molecule has 0 aliphatic heterocycles. The molecule has 112 valence electrons. The molecule has 2 rings (SSSR count). The van der Waals surface area contributed by atoms with Crippen LogP contribution in [0.3, 0.4) is 0 Å². The molecule has 0 bridgehead atoms. The fourth-order valence-corrected chi connectivity index (χ4v) is 2.27. The van der Waals surface area contributed by atoms with Crippen molar-refractivity contribution in [3.05, 3.63) is 47.7 Å². The van der Waals surface area contributed by atoms with Crippen LogP contribution in [-0.2, 0) is 16.6 Å². The monoisotopic (exact) mass is 310 g/mol. The number of rotatable bonds is 5. The van der Waals surface area contributed by atoms with E-state index in [9.17, 15) is 18.3 Å². The molecule has 1 aromatic heterocycles. The number of benzene rings is 1. The molecule has 1 amide bonds. The molecule has 0 saturated heterocycles. The van der Waals surface area contributed by atoms with E-state index in [0.29, 0.717) is 5.56 Å². The quantitative estimate of drug-likeness (QED) is 0.757. The van der Waals surface area contributed by atoms with Gasteiger partial charge in [-0.3, -0.25) is 4.79 Å². The third-order valence-electron chi connectivity index (χ3n) is 2.70. The second-order valence-corrected chi connectivity index (χ2v) is 6.00. The molecule has 0 aliphatic carbocycles. The zero-order valence-corrected chi connectivity index (χ0v) is 12.0. The number of furan rings is 1. The van der Waals surface area contributed by atoms with Crippen LogP contribution in [0.5, 0.6) is 5.75 Å². The lowest BCUT2D eigenvalue weighted by Gasteiger charge is -2.04. The van der Waals surface area contributed by atoms with E-state index < -0.39 is 15.9 Å². The molecule has 1 aromatic carbocycles. The van der Waals surface area contributed by atoms with Gasteiger partial charge in [-0.25, -0.2) is 13.1 Å². The molecule has 2 aromatic rings. The van der Waals surface area contributed by atoms with E-state index in [-0.39, 0.29) is 23.1 Å². The molecule has 0 saturated carbocycles. The molecule has 0 fully saturated rings. The SMILES string of the molecule is CNS(=O)(=O)c1ccc(C(=O)NCc2cccc(O)c2)o1. The highest BCUT2D eigenvalue weighted by molar-refractivity contribution is 7.89. The number of sulfonamides is 1. The van der Waals surface area contributed by atoms with Crippen LogP contribution in [0.1, 0.15) is 16.1 Å². The minimum atomic E-state index is -3.71. The smallest absolute Gasteiger partial charge is 0.287 e. The molecular formula is C13H14N2O5S. The average molecular weight is 310 g/mol. The van der Waals surface area contributed by atoms with Gasteiger partial charge in [-0.15, -0.1) is 0 Å². The largest absolute Gasteiger partial charge is 0.508 e. The Kier molecular flexibility index (Phi) is 4.29. The Hall–Kier alpha value is -2.32. The van der Waals surface area contributed by atoms with Gasteiger partial charge in [0.15, 0.2) is 5.76 Å². The van der Waals surface area contributed by atoms with Crippen molar-refractivity contribution in [2.75, 3.05) is 7.05 Å². The predicted molar refractivity (Wildman–Crippen MR) is 74.2 cm³/mol. The van der Waals surface area contributed by atoms with Crippen molar-refractivity contribution in [3.8, 4) is 5.75 Å². The first-order valence-electron chi connectivity index (χ1n) is 6.02. The third kappa shape index (κ3) is 3.61. The highest BCUT2D eigenvalue weighted by Crippen LogP contribution is 2.14. The number of phenols is 1. The van der Waals surface area contributed by atoms with Gasteiger partial charge in [-0.1, -0.05) is 12.1 Å². The Morgan fingerprint density at radius 3 is 2.71 bits per heavy atom. The maximum Gasteiger partial charge on any atom is 0.287 e. The van der Waals surface area contributed by atoms with Crippen molar-refractivity contribution >= 4 is 15.9 Å². The first kappa shape index (κ1) is 15.1. The Morgan fingerprint density at radius 2 is 2.05 bits per heavy atom. The summed E-state index contributed by atoms with van der Waals surface area (Å²) in [7, 11) is -2.46. The Balaban J connectivity index is 2.04. The Labute approximate surface area is 121 Å². The van der Waals surface area contributed by atoms with E-state index >= 15 is 0 Å². The van der Waals surface area contributed by atoms with E-state index in [1.165, 1.54) is 31.3 Å². The minimum Gasteiger partial charge on any atom is -0.508 e. The van der Waals surface area contributed by atoms with Crippen LogP contribution in [0.4, 0.5) is 0 Å². The van der Waals surface area contributed by atoms with Gasteiger partial charge in [-0.2, -0.15) is 0 Å². The van der Waals surface area contributed by atoms with E-state index in [0.717, 1.165) is 0 Å². The van der Waals surface area contributed by atoms with E-state index in [1.54, 1.807) is 12.1 Å². The summed E-state index contributed by atoms with van der Waals surface area (Å²) in [4.78, 5) is 11.8. The van der Waals surface area contributed by atoms with Crippen LogP contribution in [0.25, 0.3) is 0 Å². The number of carbonyl (C=O) groups is 1. The predicted octanol–water partition coefficient (Wildman–Crippen LogP) is 0.823. The number of phenolic OH excluding ortho intramolecular Hbond substituents is 1. The first-order chi connectivity index (χ1) is 9.92. The molecule has 21 heavy (non-hydrogen) atoms. The van der Waals surface area contributed by atoms with Crippen molar-refractivity contribution in [2.24, 2.45) is 0 Å². The lowest BCUT2D eigenvalue weighted by molar-refractivity contribution is 0.0917. The van der Waals surface area contributed by atoms with Gasteiger partial charge >= 0.3 is 0 Å². The summed E-state index contributed by atoms with van der Waals surface area (Å²) in [5.41, 5.74) is 0.706. The number of aromatic hydroxyl groups is 1. The van der Waals surface area contributed by atoms with Gasteiger partial charge < -0.3 is 14.8 Å². The number of hydrogen-bond acceptors (Lipinski definition) is 5. The molecule has 3 N–H and O–H groups in total. The zero-order valence-electron chi connectivity index (χ0n) is 11.2. The van der Waals surface area contributed by atoms with Crippen molar-refractivity contribution in [1.82, 2.24) is 10.0 Å². The van der Waals surface area contributed by atoms with Crippen molar-refractivity contribution in [3.63, 3.8) is 0 Å². The molecule has 0 aliphatic rings. The Bertz CT molecular complexity index is 751. The highest BCUT2D eigenvalue weighted by Gasteiger charge is 2.19. The summed E-state index contributed by atoms with van der Waals surface area (Å²) in [6.45, 7) is 0.183. The Morgan fingerprint density at radius 1 is 1.29 bits per heavy atom. The zero-order chi connectivity index (χ0) is 15.5. The van der Waals surface area contributed by atoms with Gasteiger partial charge in [0.25, 0.3) is 15.9 Å². The summed E-state index contributed by atoms with van der Waals surface area (Å²) in [5, 5.41) is 11.6. The van der Waals surface area contributed by atoms with Crippen LogP contribution in [-0.4, -0.2) is 26.5 Å². The summed E-state index contributed by atoms with van der Waals surface area (Å²) < 4.78 is 30.1. The lowest BCUT2D eigenvalue weighted by atomic mass is 10.2. The number of nitrogens with one attached hydrogen (secondary N) is 2. The van der Waals surface area contributed by atoms with Crippen LogP contribution >= 0.6 is 0 Å². The van der Waals surface area contributed by atoms with Crippen LogP contribution in [0.2, 0.25) is 0 Å². The van der Waals surface area contributed by atoms with E-state index in [1.807, 2.05) is 0 Å². The maximum absolute atomic E-state index is 11.8. The van der Waals surface area contributed by atoms with Crippen LogP contribution < -0.4 is 10.0 Å². The van der Waals surface area contributed by atoms with Crippen molar-refractivity contribution < 1.29 is 22.7 Å². The second-order valence-electron chi connectivity index (χ2n) is 4.18. The normalized spacial score (nSPS) is 11.3. The van der Waals surface area contributed by atoms with Gasteiger partial charge in [-0.05, 0) is 36.9 Å². The lowest BCUT2D eigenvalue weighted by Crippen LogP contribution is -2.22. The molecule has 0 spiro atoms. The molecule has 0 radical (unpaired) electrons. The molecule has 8 heteroatoms. The molecule has 7 nitrogen and oxygen atoms in total. The highest BCUT2D eigenvalue weighted by atomic mass is 32.2. The summed E-state index contributed by atoms with van der Waals surface area (Å²) in [6, 6.07) is 8.91. The van der Waals surface area contributed by atoms with Gasteiger partial charge in [0.2, 0.25) is 5.09 Å². The summed E-state index contributed by atoms with van der Waals surface area (Å²) in [6.07, 6.45) is 0. The number of hydrogen-bond donors (Lipinski definition) is 3. The van der Waals surface area contributed by atoms with Crippen LogP contribution in [0.15, 0.2) is 45.9 Å². The first-order valence-corrected chi connectivity index (χ1v) is 7.50. The molecule has 0 unspecified atom stereocenters. The second kappa shape index (κ2) is 5.98. The summed E-state index contributed by atoms with van der Waals surface area (Å²) >= 11 is 0. The fourth-order valence-electron chi connectivity index (χ4n) is 1.62. The number of carbonyl (C=O) groups excluding carboxylic acids is 1. The molecule has 0 atom stereocenters. The third-order valence-corrected chi connectivity index (χ3v) is 3.99. The standard InChI is InChI=1S/C13H14N2O5S/c1-14-21(18,19)12-6-5-11(20-12)13(17)15-8-9-3-2-4-10(16)7-9/h2-7,14,16H,8H2,1H3,(H,15,17). The van der Waals surface area contributed by atoms with Gasteiger partial charge in [0.05, 0.1) is 0 Å². The van der Waals surface area contributed by atoms with E-state index in [2.05, 4.69) is 10.0 Å².